The molecule has 30 heavy (non-hydrogen) atoms. The lowest BCUT2D eigenvalue weighted by molar-refractivity contribution is -0.0261. The number of pyridine rings is 1. The van der Waals surface area contributed by atoms with Gasteiger partial charge in [0.2, 0.25) is 11.8 Å². The first kappa shape index (κ1) is 20.2. The molecule has 156 valence electrons. The highest BCUT2D eigenvalue weighted by Crippen LogP contribution is 2.21. The number of benzene rings is 1. The summed E-state index contributed by atoms with van der Waals surface area (Å²) >= 11 is 0. The fourth-order valence-electron chi connectivity index (χ4n) is 3.41. The van der Waals surface area contributed by atoms with Gasteiger partial charge in [-0.15, -0.1) is 10.2 Å². The van der Waals surface area contributed by atoms with Gasteiger partial charge in [0.05, 0.1) is 18.8 Å². The number of nitrogens with zero attached hydrogens (tertiary/aromatic N) is 3. The average Bonchev–Trinajstić information content (AvgIpc) is 3.18. The molecule has 2 aromatic heterocycles. The van der Waals surface area contributed by atoms with Crippen molar-refractivity contribution in [1.29, 1.82) is 0 Å². The summed E-state index contributed by atoms with van der Waals surface area (Å²) in [4.78, 5) is 16.9. The zero-order chi connectivity index (χ0) is 21.1. The third-order valence-electron chi connectivity index (χ3n) is 5.21. The molecule has 0 spiro atoms. The number of hydrogen-bond acceptors (Lipinski definition) is 7. The Balaban J connectivity index is 1.47. The Morgan fingerprint density at radius 1 is 1.23 bits per heavy atom. The molecule has 8 heteroatoms. The van der Waals surface area contributed by atoms with Crippen LogP contribution in [-0.4, -0.2) is 51.6 Å². The van der Waals surface area contributed by atoms with Gasteiger partial charge in [-0.05, 0) is 54.7 Å². The minimum Gasteiger partial charge on any atom is -0.421 e. The van der Waals surface area contributed by atoms with Crippen molar-refractivity contribution < 1.29 is 19.1 Å². The second kappa shape index (κ2) is 8.73. The van der Waals surface area contributed by atoms with Crippen molar-refractivity contribution >= 4 is 5.91 Å². The Morgan fingerprint density at radius 3 is 2.73 bits per heavy atom. The molecule has 0 saturated carbocycles. The third-order valence-corrected chi connectivity index (χ3v) is 5.21. The van der Waals surface area contributed by atoms with E-state index in [4.69, 9.17) is 9.15 Å². The quantitative estimate of drug-likeness (QED) is 0.666. The van der Waals surface area contributed by atoms with Crippen molar-refractivity contribution in [2.75, 3.05) is 13.2 Å². The van der Waals surface area contributed by atoms with Crippen LogP contribution in [0.5, 0.6) is 0 Å². The smallest absolute Gasteiger partial charge is 0.270 e. The van der Waals surface area contributed by atoms with E-state index in [0.717, 1.165) is 22.3 Å². The van der Waals surface area contributed by atoms with Crippen LogP contribution < -0.4 is 5.32 Å². The fourth-order valence-corrected chi connectivity index (χ4v) is 3.41. The van der Waals surface area contributed by atoms with Gasteiger partial charge in [0.1, 0.15) is 5.69 Å². The summed E-state index contributed by atoms with van der Waals surface area (Å²) in [5, 5.41) is 20.7. The molecule has 4 rings (SSSR count). The molecule has 3 heterocycles. The average molecular weight is 408 g/mol. The molecule has 3 aromatic rings. The van der Waals surface area contributed by atoms with E-state index in [1.807, 2.05) is 37.3 Å². The number of hydrogen-bond donors (Lipinski definition) is 2. The maximum atomic E-state index is 12.6. The summed E-state index contributed by atoms with van der Waals surface area (Å²) in [6.45, 7) is 4.49. The highest BCUT2D eigenvalue weighted by molar-refractivity contribution is 5.92. The second-order valence-electron chi connectivity index (χ2n) is 7.51. The van der Waals surface area contributed by atoms with E-state index in [1.54, 1.807) is 13.1 Å². The van der Waals surface area contributed by atoms with Crippen LogP contribution in [0.15, 0.2) is 40.9 Å². The first-order chi connectivity index (χ1) is 14.5. The topological polar surface area (TPSA) is 110 Å². The maximum Gasteiger partial charge on any atom is 0.270 e. The number of carbonyl (C=O) groups excluding carboxylic acids is 1. The summed E-state index contributed by atoms with van der Waals surface area (Å²) in [5.74, 6) is 0.735. The van der Waals surface area contributed by atoms with E-state index in [-0.39, 0.29) is 18.6 Å². The highest BCUT2D eigenvalue weighted by atomic mass is 16.5. The van der Waals surface area contributed by atoms with Gasteiger partial charge in [-0.1, -0.05) is 12.1 Å². The minimum absolute atomic E-state index is 0.233. The van der Waals surface area contributed by atoms with Gasteiger partial charge >= 0.3 is 0 Å². The molecular formula is C22H24N4O4. The molecule has 1 saturated heterocycles. The van der Waals surface area contributed by atoms with Crippen LogP contribution in [0.25, 0.3) is 11.5 Å². The number of nitrogens with one attached hydrogen (secondary N) is 1. The number of aliphatic hydroxyl groups excluding tert-OH is 1. The Kier molecular flexibility index (Phi) is 5.87. The lowest BCUT2D eigenvalue weighted by atomic mass is 10.00. The van der Waals surface area contributed by atoms with Crippen LogP contribution >= 0.6 is 0 Å². The molecule has 0 radical (unpaired) electrons. The molecule has 8 nitrogen and oxygen atoms in total. The number of rotatable bonds is 5. The second-order valence-corrected chi connectivity index (χ2v) is 7.51. The van der Waals surface area contributed by atoms with Crippen molar-refractivity contribution in [1.82, 2.24) is 20.5 Å². The van der Waals surface area contributed by atoms with Crippen LogP contribution in [0.2, 0.25) is 0 Å². The molecule has 0 aliphatic carbocycles. The van der Waals surface area contributed by atoms with Crippen molar-refractivity contribution in [2.24, 2.45) is 0 Å². The highest BCUT2D eigenvalue weighted by Gasteiger charge is 2.26. The lowest BCUT2D eigenvalue weighted by Crippen LogP contribution is -2.48. The van der Waals surface area contributed by atoms with Gasteiger partial charge in [-0.2, -0.15) is 0 Å². The molecule has 1 aliphatic rings. The predicted octanol–water partition coefficient (Wildman–Crippen LogP) is 2.22. The van der Waals surface area contributed by atoms with Gasteiger partial charge in [0, 0.05) is 25.3 Å². The van der Waals surface area contributed by atoms with E-state index in [9.17, 15) is 9.90 Å². The molecule has 1 aromatic carbocycles. The summed E-state index contributed by atoms with van der Waals surface area (Å²) in [5.41, 5.74) is 4.32. The first-order valence-electron chi connectivity index (χ1n) is 9.91. The van der Waals surface area contributed by atoms with Crippen molar-refractivity contribution in [3.8, 4) is 11.5 Å². The Hall–Kier alpha value is -3.10. The van der Waals surface area contributed by atoms with E-state index >= 15 is 0 Å². The summed E-state index contributed by atoms with van der Waals surface area (Å²) in [7, 11) is 0. The largest absolute Gasteiger partial charge is 0.421 e. The number of amides is 1. The SMILES string of the molecule is Cc1nnc(-c2ccc(Cc3cc(C(=O)NC4CCOCC4O)ncc3C)cc2)o1. The molecular weight excluding hydrogens is 384 g/mol. The molecule has 1 fully saturated rings. The number of aryl methyl sites for hydroxylation is 2. The summed E-state index contributed by atoms with van der Waals surface area (Å²) in [6, 6.07) is 9.39. The number of ether oxygens (including phenoxy) is 1. The van der Waals surface area contributed by atoms with Crippen molar-refractivity contribution in [2.45, 2.75) is 38.8 Å². The number of aromatic nitrogens is 3. The Bertz CT molecular complexity index is 1030. The van der Waals surface area contributed by atoms with Gasteiger partial charge in [0.25, 0.3) is 5.91 Å². The van der Waals surface area contributed by atoms with Crippen LogP contribution in [-0.2, 0) is 11.2 Å². The molecule has 1 amide bonds. The predicted molar refractivity (Wildman–Crippen MR) is 109 cm³/mol. The van der Waals surface area contributed by atoms with Gasteiger partial charge in [-0.3, -0.25) is 9.78 Å². The summed E-state index contributed by atoms with van der Waals surface area (Å²) < 4.78 is 10.7. The van der Waals surface area contributed by atoms with Crippen LogP contribution in [0.3, 0.4) is 0 Å². The zero-order valence-corrected chi connectivity index (χ0v) is 17.0. The van der Waals surface area contributed by atoms with Crippen LogP contribution in [0, 0.1) is 13.8 Å². The van der Waals surface area contributed by atoms with E-state index in [1.165, 1.54) is 0 Å². The number of carbonyl (C=O) groups is 1. The molecule has 0 bridgehead atoms. The third kappa shape index (κ3) is 4.55. The normalized spacial score (nSPS) is 18.9. The summed E-state index contributed by atoms with van der Waals surface area (Å²) in [6.07, 6.45) is 2.25. The Labute approximate surface area is 174 Å². The monoisotopic (exact) mass is 408 g/mol. The van der Waals surface area contributed by atoms with Crippen molar-refractivity contribution in [3.63, 3.8) is 0 Å². The molecule has 2 unspecified atom stereocenters. The fraction of sp³-hybridized carbons (Fsp3) is 0.364. The van der Waals surface area contributed by atoms with Gasteiger partial charge in [0.15, 0.2) is 0 Å². The molecule has 2 N–H and O–H groups in total. The lowest BCUT2D eigenvalue weighted by Gasteiger charge is -2.28. The molecule has 2 atom stereocenters. The van der Waals surface area contributed by atoms with Gasteiger partial charge < -0.3 is 19.6 Å². The Morgan fingerprint density at radius 2 is 2.03 bits per heavy atom. The number of aliphatic hydroxyl groups is 1. The minimum atomic E-state index is -0.700. The standard InChI is InChI=1S/C22H24N4O4/c1-13-11-23-19(21(28)24-18-7-8-29-12-20(18)27)10-17(13)9-15-3-5-16(6-4-15)22-26-25-14(2)30-22/h3-6,10-11,18,20,27H,7-9,12H2,1-2H3,(H,24,28). The van der Waals surface area contributed by atoms with E-state index in [2.05, 4.69) is 20.5 Å². The maximum absolute atomic E-state index is 12.6. The van der Waals surface area contributed by atoms with E-state index < -0.39 is 6.10 Å². The van der Waals surface area contributed by atoms with Gasteiger partial charge in [-0.25, -0.2) is 0 Å². The molecule has 1 aliphatic heterocycles. The zero-order valence-electron chi connectivity index (χ0n) is 17.0. The van der Waals surface area contributed by atoms with Crippen LogP contribution in [0.1, 0.15) is 39.5 Å². The first-order valence-corrected chi connectivity index (χ1v) is 9.91. The van der Waals surface area contributed by atoms with Crippen LogP contribution in [0.4, 0.5) is 0 Å². The van der Waals surface area contributed by atoms with E-state index in [0.29, 0.717) is 36.9 Å². The van der Waals surface area contributed by atoms with Crippen molar-refractivity contribution in [3.05, 3.63) is 64.8 Å².